The van der Waals surface area contributed by atoms with Crippen LogP contribution in [0.15, 0.2) is 6.20 Å². The maximum Gasteiger partial charge on any atom is 0.405 e. The van der Waals surface area contributed by atoms with E-state index >= 15 is 0 Å². The molecule has 2 N–H and O–H groups in total. The Balaban J connectivity index is 1.37. The lowest BCUT2D eigenvalue weighted by Crippen LogP contribution is -2.55. The molecule has 29 heavy (non-hydrogen) atoms. The summed E-state index contributed by atoms with van der Waals surface area (Å²) in [7, 11) is 0. The van der Waals surface area contributed by atoms with Crippen LogP contribution in [0.3, 0.4) is 0 Å². The number of aryl methyl sites for hydroxylation is 1. The Morgan fingerprint density at radius 2 is 1.86 bits per heavy atom. The largest absolute Gasteiger partial charge is 0.465 e. The lowest BCUT2D eigenvalue weighted by Gasteiger charge is -2.39. The summed E-state index contributed by atoms with van der Waals surface area (Å²) in [5.41, 5.74) is 0.911. The van der Waals surface area contributed by atoms with E-state index in [4.69, 9.17) is 0 Å². The Labute approximate surface area is 170 Å². The Morgan fingerprint density at radius 3 is 2.48 bits per heavy atom. The number of carbonyl (C=O) groups excluding carboxylic acids is 2. The number of piperidine rings is 1. The van der Waals surface area contributed by atoms with E-state index in [1.807, 2.05) is 11.8 Å². The highest BCUT2D eigenvalue weighted by Crippen LogP contribution is 2.29. The van der Waals surface area contributed by atoms with Crippen LogP contribution in [0.5, 0.6) is 0 Å². The van der Waals surface area contributed by atoms with Crippen molar-refractivity contribution in [3.8, 4) is 0 Å². The van der Waals surface area contributed by atoms with Crippen LogP contribution in [0.4, 0.5) is 9.59 Å². The molecule has 3 heterocycles. The predicted molar refractivity (Wildman–Crippen MR) is 104 cm³/mol. The summed E-state index contributed by atoms with van der Waals surface area (Å²) in [6.07, 6.45) is 7.04. The SMILES string of the molecule is Cc1ncc2n1C(=O)N(C1CCN(C(=O)[C@H](NC(=O)O)C3CCCCC3)CC1)C2. The van der Waals surface area contributed by atoms with Gasteiger partial charge < -0.3 is 20.2 Å². The maximum atomic E-state index is 13.1. The van der Waals surface area contributed by atoms with E-state index < -0.39 is 12.1 Å². The molecule has 2 aliphatic heterocycles. The number of hydrogen-bond acceptors (Lipinski definition) is 4. The van der Waals surface area contributed by atoms with E-state index in [0.29, 0.717) is 38.3 Å². The molecule has 3 amide bonds. The Bertz CT molecular complexity index is 793. The fraction of sp³-hybridized carbons (Fsp3) is 0.700. The molecule has 0 radical (unpaired) electrons. The van der Waals surface area contributed by atoms with E-state index in [1.54, 1.807) is 15.7 Å². The van der Waals surface area contributed by atoms with Gasteiger partial charge in [0.05, 0.1) is 18.4 Å². The highest BCUT2D eigenvalue weighted by Gasteiger charge is 2.39. The lowest BCUT2D eigenvalue weighted by atomic mass is 9.83. The van der Waals surface area contributed by atoms with Crippen LogP contribution in [0.2, 0.25) is 0 Å². The number of imidazole rings is 1. The molecule has 0 bridgehead atoms. The zero-order valence-electron chi connectivity index (χ0n) is 16.8. The summed E-state index contributed by atoms with van der Waals surface area (Å²) < 4.78 is 1.66. The van der Waals surface area contributed by atoms with Gasteiger partial charge >= 0.3 is 12.1 Å². The fourth-order valence-corrected chi connectivity index (χ4v) is 5.10. The number of nitrogens with one attached hydrogen (secondary N) is 1. The number of fused-ring (bicyclic) bond motifs is 1. The molecular formula is C20H29N5O4. The van der Waals surface area contributed by atoms with Gasteiger partial charge in [0.15, 0.2) is 0 Å². The first kappa shape index (κ1) is 19.7. The van der Waals surface area contributed by atoms with E-state index in [1.165, 1.54) is 0 Å². The van der Waals surface area contributed by atoms with Crippen LogP contribution in [0.1, 0.15) is 56.5 Å². The first-order valence-corrected chi connectivity index (χ1v) is 10.6. The molecule has 1 saturated heterocycles. The minimum atomic E-state index is -1.14. The minimum Gasteiger partial charge on any atom is -0.465 e. The molecule has 1 aromatic rings. The van der Waals surface area contributed by atoms with Crippen molar-refractivity contribution in [3.63, 3.8) is 0 Å². The molecule has 0 unspecified atom stereocenters. The molecule has 9 nitrogen and oxygen atoms in total. The average Bonchev–Trinajstić information content (AvgIpc) is 3.26. The molecule has 1 aromatic heterocycles. The van der Waals surface area contributed by atoms with Crippen molar-refractivity contribution in [3.05, 3.63) is 17.7 Å². The van der Waals surface area contributed by atoms with E-state index in [0.717, 1.165) is 37.8 Å². The number of rotatable bonds is 4. The molecule has 1 aliphatic carbocycles. The second-order valence-electron chi connectivity index (χ2n) is 8.42. The van der Waals surface area contributed by atoms with Gasteiger partial charge in [0.1, 0.15) is 11.9 Å². The van der Waals surface area contributed by atoms with Crippen molar-refractivity contribution in [2.75, 3.05) is 13.1 Å². The van der Waals surface area contributed by atoms with Gasteiger partial charge in [0.25, 0.3) is 0 Å². The van der Waals surface area contributed by atoms with Gasteiger partial charge in [-0.15, -0.1) is 0 Å². The third-order valence-corrected chi connectivity index (χ3v) is 6.66. The highest BCUT2D eigenvalue weighted by molar-refractivity contribution is 5.86. The third kappa shape index (κ3) is 3.82. The monoisotopic (exact) mass is 403 g/mol. The number of carbonyl (C=O) groups is 3. The van der Waals surface area contributed by atoms with Crippen LogP contribution in [-0.2, 0) is 11.3 Å². The first-order valence-electron chi connectivity index (χ1n) is 10.6. The quantitative estimate of drug-likeness (QED) is 0.801. The number of likely N-dealkylation sites (tertiary alicyclic amines) is 1. The Kier molecular flexibility index (Phi) is 5.47. The zero-order chi connectivity index (χ0) is 20.5. The molecule has 2 fully saturated rings. The number of carboxylic acid groups (broad SMARTS) is 1. The summed E-state index contributed by atoms with van der Waals surface area (Å²) in [5.74, 6) is 0.665. The predicted octanol–water partition coefficient (Wildman–Crippen LogP) is 2.18. The molecular weight excluding hydrogens is 374 g/mol. The van der Waals surface area contributed by atoms with Gasteiger partial charge in [-0.25, -0.2) is 14.6 Å². The van der Waals surface area contributed by atoms with Gasteiger partial charge in [0, 0.05) is 19.1 Å². The second kappa shape index (κ2) is 8.04. The normalized spacial score (nSPS) is 21.9. The summed E-state index contributed by atoms with van der Waals surface area (Å²) in [5, 5.41) is 11.7. The molecule has 0 aromatic carbocycles. The van der Waals surface area contributed by atoms with Gasteiger partial charge in [0.2, 0.25) is 5.91 Å². The summed E-state index contributed by atoms with van der Waals surface area (Å²) in [6.45, 7) is 3.48. The average molecular weight is 403 g/mol. The Hall–Kier alpha value is -2.58. The topological polar surface area (TPSA) is 108 Å². The van der Waals surface area contributed by atoms with Crippen molar-refractivity contribution in [1.82, 2.24) is 24.7 Å². The molecule has 1 atom stereocenters. The van der Waals surface area contributed by atoms with E-state index in [-0.39, 0.29) is 23.9 Å². The van der Waals surface area contributed by atoms with Gasteiger partial charge in [-0.2, -0.15) is 0 Å². The first-order chi connectivity index (χ1) is 14.0. The Morgan fingerprint density at radius 1 is 1.17 bits per heavy atom. The van der Waals surface area contributed by atoms with Gasteiger partial charge in [-0.05, 0) is 38.5 Å². The van der Waals surface area contributed by atoms with Crippen LogP contribution in [-0.4, -0.2) is 67.7 Å². The molecule has 3 aliphatic rings. The van der Waals surface area contributed by atoms with Crippen molar-refractivity contribution < 1.29 is 19.5 Å². The zero-order valence-corrected chi connectivity index (χ0v) is 16.8. The number of aromatic nitrogens is 2. The lowest BCUT2D eigenvalue weighted by molar-refractivity contribution is -0.136. The van der Waals surface area contributed by atoms with Crippen LogP contribution in [0, 0.1) is 12.8 Å². The smallest absolute Gasteiger partial charge is 0.405 e. The van der Waals surface area contributed by atoms with Crippen LogP contribution < -0.4 is 5.32 Å². The standard InChI is InChI=1S/C20H29N5O4/c1-13-21-11-16-12-24(20(29)25(13)16)15-7-9-23(10-8-15)18(26)17(22-19(27)28)14-5-3-2-4-6-14/h11,14-15,17,22H,2-10,12H2,1H3,(H,27,28)/t17-/m1/s1. The number of amides is 3. The van der Waals surface area contributed by atoms with Crippen molar-refractivity contribution in [1.29, 1.82) is 0 Å². The highest BCUT2D eigenvalue weighted by atomic mass is 16.4. The van der Waals surface area contributed by atoms with Crippen molar-refractivity contribution in [2.24, 2.45) is 5.92 Å². The van der Waals surface area contributed by atoms with Crippen LogP contribution in [0.25, 0.3) is 0 Å². The minimum absolute atomic E-state index is 0.0348. The van der Waals surface area contributed by atoms with Gasteiger partial charge in [-0.1, -0.05) is 19.3 Å². The molecule has 158 valence electrons. The van der Waals surface area contributed by atoms with Gasteiger partial charge in [-0.3, -0.25) is 9.36 Å². The maximum absolute atomic E-state index is 13.1. The number of hydrogen-bond donors (Lipinski definition) is 2. The fourth-order valence-electron chi connectivity index (χ4n) is 5.10. The van der Waals surface area contributed by atoms with Crippen molar-refractivity contribution >= 4 is 18.0 Å². The summed E-state index contributed by atoms with van der Waals surface area (Å²) >= 11 is 0. The van der Waals surface area contributed by atoms with Crippen LogP contribution >= 0.6 is 0 Å². The summed E-state index contributed by atoms with van der Waals surface area (Å²) in [4.78, 5) is 45.0. The summed E-state index contributed by atoms with van der Waals surface area (Å²) in [6, 6.07) is -0.605. The third-order valence-electron chi connectivity index (χ3n) is 6.66. The molecule has 1 saturated carbocycles. The van der Waals surface area contributed by atoms with Crippen molar-refractivity contribution in [2.45, 2.75) is 70.5 Å². The molecule has 0 spiro atoms. The molecule has 4 rings (SSSR count). The van der Waals surface area contributed by atoms with E-state index in [9.17, 15) is 19.5 Å². The second-order valence-corrected chi connectivity index (χ2v) is 8.42. The molecule has 9 heteroatoms. The van der Waals surface area contributed by atoms with E-state index in [2.05, 4.69) is 10.3 Å². The number of nitrogens with zero attached hydrogens (tertiary/aromatic N) is 4.